The van der Waals surface area contributed by atoms with Crippen LogP contribution in [-0.4, -0.2) is 61.4 Å². The lowest BCUT2D eigenvalue weighted by Gasteiger charge is -2.35. The maximum atomic E-state index is 14.5. The number of amidine groups is 2. The second-order valence-corrected chi connectivity index (χ2v) is 8.44. The molecule has 0 aromatic heterocycles. The summed E-state index contributed by atoms with van der Waals surface area (Å²) in [6.07, 6.45) is 0.607. The Kier molecular flexibility index (Phi) is 7.34. The lowest BCUT2D eigenvalue weighted by molar-refractivity contribution is -0.134. The Labute approximate surface area is 200 Å². The van der Waals surface area contributed by atoms with E-state index in [1.807, 2.05) is 6.08 Å². The van der Waals surface area contributed by atoms with Crippen LogP contribution in [0.15, 0.2) is 51.5 Å². The van der Waals surface area contributed by atoms with E-state index in [0.29, 0.717) is 36.8 Å². The van der Waals surface area contributed by atoms with Gasteiger partial charge in [-0.25, -0.2) is 18.2 Å². The Hall–Kier alpha value is -3.47. The van der Waals surface area contributed by atoms with Gasteiger partial charge in [-0.2, -0.15) is 0 Å². The number of carbonyl (C=O) groups is 2. The number of hydrogen-bond donors (Lipinski definition) is 2. The quantitative estimate of drug-likeness (QED) is 0.642. The van der Waals surface area contributed by atoms with E-state index in [9.17, 15) is 22.8 Å². The number of alkyl halides is 2. The molecule has 2 N–H and O–H groups in total. The minimum atomic E-state index is -2.92. The smallest absolute Gasteiger partial charge is 0.266 e. The van der Waals surface area contributed by atoms with Crippen LogP contribution in [0.25, 0.3) is 0 Å². The molecule has 3 aliphatic rings. The lowest BCUT2D eigenvalue weighted by Crippen LogP contribution is -2.54. The number of rotatable bonds is 6. The molecule has 1 aromatic carbocycles. The molecule has 186 valence electrons. The summed E-state index contributed by atoms with van der Waals surface area (Å²) in [7, 11) is 1.46. The van der Waals surface area contributed by atoms with Crippen LogP contribution in [0.1, 0.15) is 30.9 Å². The summed E-state index contributed by atoms with van der Waals surface area (Å²) in [5.41, 5.74) is 0.668. The number of halogens is 3. The molecule has 0 saturated heterocycles. The van der Waals surface area contributed by atoms with Crippen LogP contribution in [0.2, 0.25) is 0 Å². The number of ether oxygens (including phenoxy) is 1. The molecule has 3 aliphatic heterocycles. The van der Waals surface area contributed by atoms with Gasteiger partial charge in [0, 0.05) is 31.3 Å². The van der Waals surface area contributed by atoms with Gasteiger partial charge in [-0.15, -0.1) is 0 Å². The molecule has 1 aromatic rings. The molecule has 0 saturated carbocycles. The van der Waals surface area contributed by atoms with Crippen molar-refractivity contribution in [2.24, 2.45) is 15.9 Å². The Morgan fingerprint density at radius 3 is 2.86 bits per heavy atom. The topological polar surface area (TPSA) is 95.4 Å². The molecular formula is C24H26F3N5O3. The highest BCUT2D eigenvalue weighted by Crippen LogP contribution is 2.29. The molecule has 8 nitrogen and oxygen atoms in total. The zero-order valence-electron chi connectivity index (χ0n) is 19.4. The fourth-order valence-corrected chi connectivity index (χ4v) is 4.31. The molecule has 0 radical (unpaired) electrons. The highest BCUT2D eigenvalue weighted by Gasteiger charge is 2.36. The first kappa shape index (κ1) is 24.6. The van der Waals surface area contributed by atoms with E-state index in [-0.39, 0.29) is 30.5 Å². The van der Waals surface area contributed by atoms with E-state index < -0.39 is 29.9 Å². The standard InChI is InChI=1S/C24H26F3N5O3/c1-13-29-22(28-11-15-4-3-5-16(20(15)25)21(26)27)18-10-17(24(34)31-23(18)30-13)14-6-8-32(9-7-14)19(33)12-35-2/h3-6,10,18,21,23H,7-9,11-12H2,1-2H3,(H,31,34)(H,28,29,30). The van der Waals surface area contributed by atoms with Crippen molar-refractivity contribution in [3.8, 4) is 0 Å². The van der Waals surface area contributed by atoms with Crippen LogP contribution in [0.3, 0.4) is 0 Å². The number of hydrogen-bond acceptors (Lipinski definition) is 5. The average Bonchev–Trinajstić information content (AvgIpc) is 2.83. The molecule has 0 spiro atoms. The maximum Gasteiger partial charge on any atom is 0.266 e. The zero-order chi connectivity index (χ0) is 25.1. The highest BCUT2D eigenvalue weighted by atomic mass is 19.3. The first-order valence-corrected chi connectivity index (χ1v) is 11.2. The van der Waals surface area contributed by atoms with E-state index in [1.165, 1.54) is 19.2 Å². The third-order valence-electron chi connectivity index (χ3n) is 6.11. The van der Waals surface area contributed by atoms with Crippen LogP contribution in [0.4, 0.5) is 13.2 Å². The number of aliphatic imine (C=N–C) groups is 2. The molecule has 4 rings (SSSR count). The number of benzene rings is 1. The van der Waals surface area contributed by atoms with Gasteiger partial charge in [-0.1, -0.05) is 30.4 Å². The monoisotopic (exact) mass is 489 g/mol. The van der Waals surface area contributed by atoms with Crippen LogP contribution < -0.4 is 10.6 Å². The molecule has 2 unspecified atom stereocenters. The number of methoxy groups -OCH3 is 1. The average molecular weight is 489 g/mol. The molecule has 2 amide bonds. The van der Waals surface area contributed by atoms with E-state index >= 15 is 0 Å². The summed E-state index contributed by atoms with van der Waals surface area (Å²) in [6.45, 7) is 2.39. The third-order valence-corrected chi connectivity index (χ3v) is 6.11. The Balaban J connectivity index is 1.59. The Morgan fingerprint density at radius 1 is 1.37 bits per heavy atom. The lowest BCUT2D eigenvalue weighted by atomic mass is 9.89. The first-order valence-electron chi connectivity index (χ1n) is 11.2. The molecule has 0 aliphatic carbocycles. The van der Waals surface area contributed by atoms with Crippen molar-refractivity contribution in [1.82, 2.24) is 15.5 Å². The van der Waals surface area contributed by atoms with Gasteiger partial charge in [0.25, 0.3) is 12.3 Å². The molecule has 0 fully saturated rings. The van der Waals surface area contributed by atoms with Gasteiger partial charge in [-0.05, 0) is 18.9 Å². The normalized spacial score (nSPS) is 23.3. The van der Waals surface area contributed by atoms with Crippen molar-refractivity contribution < 1.29 is 27.5 Å². The minimum absolute atomic E-state index is 0.000224. The summed E-state index contributed by atoms with van der Waals surface area (Å²) in [6, 6.07) is 3.84. The van der Waals surface area contributed by atoms with Crippen molar-refractivity contribution >= 4 is 23.5 Å². The zero-order valence-corrected chi connectivity index (χ0v) is 19.4. The Morgan fingerprint density at radius 2 is 2.17 bits per heavy atom. The number of fused-ring (bicyclic) bond motifs is 1. The second kappa shape index (κ2) is 10.4. The predicted octanol–water partition coefficient (Wildman–Crippen LogP) is 2.49. The summed E-state index contributed by atoms with van der Waals surface area (Å²) < 4.78 is 45.5. The Bertz CT molecular complexity index is 1150. The van der Waals surface area contributed by atoms with Gasteiger partial charge in [0.05, 0.1) is 18.0 Å². The summed E-state index contributed by atoms with van der Waals surface area (Å²) >= 11 is 0. The summed E-state index contributed by atoms with van der Waals surface area (Å²) in [5.74, 6) is -0.839. The first-order chi connectivity index (χ1) is 16.8. The van der Waals surface area contributed by atoms with Crippen molar-refractivity contribution in [1.29, 1.82) is 0 Å². The number of carbonyl (C=O) groups excluding carboxylic acids is 2. The van der Waals surface area contributed by atoms with Crippen LogP contribution >= 0.6 is 0 Å². The number of amides is 2. The summed E-state index contributed by atoms with van der Waals surface area (Å²) in [4.78, 5) is 35.4. The number of nitrogens with one attached hydrogen (secondary N) is 2. The molecule has 2 atom stereocenters. The molecule has 11 heteroatoms. The van der Waals surface area contributed by atoms with E-state index in [1.54, 1.807) is 17.9 Å². The van der Waals surface area contributed by atoms with Gasteiger partial charge in [-0.3, -0.25) is 14.6 Å². The fourth-order valence-electron chi connectivity index (χ4n) is 4.31. The number of nitrogens with zero attached hydrogens (tertiary/aromatic N) is 3. The van der Waals surface area contributed by atoms with Crippen molar-refractivity contribution in [3.05, 3.63) is 58.4 Å². The van der Waals surface area contributed by atoms with Gasteiger partial charge in [0.2, 0.25) is 5.91 Å². The second-order valence-electron chi connectivity index (χ2n) is 8.44. The van der Waals surface area contributed by atoms with Gasteiger partial charge in [0.15, 0.2) is 0 Å². The molecule has 3 heterocycles. The largest absolute Gasteiger partial charge is 0.375 e. The highest BCUT2D eigenvalue weighted by molar-refractivity contribution is 6.07. The van der Waals surface area contributed by atoms with Crippen LogP contribution in [0, 0.1) is 11.7 Å². The molecular weight excluding hydrogens is 463 g/mol. The molecule has 35 heavy (non-hydrogen) atoms. The van der Waals surface area contributed by atoms with Crippen molar-refractivity contribution in [2.75, 3.05) is 26.8 Å². The van der Waals surface area contributed by atoms with E-state index in [4.69, 9.17) is 4.74 Å². The van der Waals surface area contributed by atoms with Gasteiger partial charge in [0.1, 0.15) is 30.3 Å². The molecule has 0 bridgehead atoms. The third kappa shape index (κ3) is 5.29. The van der Waals surface area contributed by atoms with Gasteiger partial charge < -0.3 is 20.3 Å². The minimum Gasteiger partial charge on any atom is -0.375 e. The van der Waals surface area contributed by atoms with Crippen LogP contribution in [0.5, 0.6) is 0 Å². The van der Waals surface area contributed by atoms with E-state index in [0.717, 1.165) is 11.6 Å². The maximum absolute atomic E-state index is 14.5. The predicted molar refractivity (Wildman–Crippen MR) is 123 cm³/mol. The van der Waals surface area contributed by atoms with Crippen LogP contribution in [-0.2, 0) is 20.9 Å². The summed E-state index contributed by atoms with van der Waals surface area (Å²) in [5, 5.41) is 5.95. The SMILES string of the molecule is COCC(=O)N1CC=C(C2=CC3C(=NCc4cccc(C(F)F)c4F)NC(C)=NC3NC2=O)CC1. The van der Waals surface area contributed by atoms with Crippen molar-refractivity contribution in [2.45, 2.75) is 32.5 Å². The fraction of sp³-hybridized carbons (Fsp3) is 0.417. The van der Waals surface area contributed by atoms with Crippen molar-refractivity contribution in [3.63, 3.8) is 0 Å². The van der Waals surface area contributed by atoms with Gasteiger partial charge >= 0.3 is 0 Å². The van der Waals surface area contributed by atoms with E-state index in [2.05, 4.69) is 20.6 Å².